The SMILES string of the molecule is O=[N+]([O-])c1ccccc1Cc1cc(Br)on1. The Morgan fingerprint density at radius 2 is 2.19 bits per heavy atom. The van der Waals surface area contributed by atoms with E-state index in [0.717, 1.165) is 0 Å². The lowest BCUT2D eigenvalue weighted by Gasteiger charge is -1.98. The molecule has 82 valence electrons. The molecule has 0 spiro atoms. The van der Waals surface area contributed by atoms with Crippen molar-refractivity contribution in [2.75, 3.05) is 0 Å². The maximum atomic E-state index is 10.8. The van der Waals surface area contributed by atoms with Gasteiger partial charge in [-0.1, -0.05) is 23.4 Å². The van der Waals surface area contributed by atoms with E-state index in [-0.39, 0.29) is 5.69 Å². The molecule has 0 fully saturated rings. The minimum Gasteiger partial charge on any atom is -0.349 e. The number of nitro groups is 1. The zero-order valence-corrected chi connectivity index (χ0v) is 9.68. The van der Waals surface area contributed by atoms with Crippen LogP contribution in [0.25, 0.3) is 0 Å². The molecule has 2 rings (SSSR count). The fraction of sp³-hybridized carbons (Fsp3) is 0.100. The molecule has 0 bridgehead atoms. The smallest absolute Gasteiger partial charge is 0.272 e. The molecule has 0 saturated carbocycles. The first-order valence-corrected chi connectivity index (χ1v) is 5.29. The summed E-state index contributed by atoms with van der Waals surface area (Å²) in [5.41, 5.74) is 1.37. The van der Waals surface area contributed by atoms with Gasteiger partial charge < -0.3 is 4.52 Å². The number of nitrogens with zero attached hydrogens (tertiary/aromatic N) is 2. The van der Waals surface area contributed by atoms with Gasteiger partial charge >= 0.3 is 0 Å². The summed E-state index contributed by atoms with van der Waals surface area (Å²) >= 11 is 3.13. The number of hydrogen-bond acceptors (Lipinski definition) is 4. The first-order chi connectivity index (χ1) is 7.66. The van der Waals surface area contributed by atoms with E-state index in [1.165, 1.54) is 6.07 Å². The molecule has 0 aliphatic rings. The zero-order valence-electron chi connectivity index (χ0n) is 8.09. The monoisotopic (exact) mass is 282 g/mol. The molecule has 0 saturated heterocycles. The number of aromatic nitrogens is 1. The van der Waals surface area contributed by atoms with Crippen LogP contribution < -0.4 is 0 Å². The van der Waals surface area contributed by atoms with Crippen LogP contribution in [0.5, 0.6) is 0 Å². The van der Waals surface area contributed by atoms with Crippen LogP contribution in [0, 0.1) is 10.1 Å². The molecule has 0 unspecified atom stereocenters. The van der Waals surface area contributed by atoms with Crippen molar-refractivity contribution >= 4 is 21.6 Å². The molecule has 2 aromatic rings. The first kappa shape index (κ1) is 10.8. The Hall–Kier alpha value is -1.69. The Balaban J connectivity index is 2.31. The van der Waals surface area contributed by atoms with Gasteiger partial charge in [0.15, 0.2) is 0 Å². The summed E-state index contributed by atoms with van der Waals surface area (Å²) in [6.45, 7) is 0. The highest BCUT2D eigenvalue weighted by atomic mass is 79.9. The Morgan fingerprint density at radius 3 is 2.81 bits per heavy atom. The maximum absolute atomic E-state index is 10.8. The standard InChI is InChI=1S/C10H7BrN2O3/c11-10-6-8(12-16-10)5-7-3-1-2-4-9(7)13(14)15/h1-4,6H,5H2. The zero-order chi connectivity index (χ0) is 11.5. The third-order valence-electron chi connectivity index (χ3n) is 2.09. The Labute approximate surface area is 99.3 Å². The number of benzene rings is 1. The van der Waals surface area contributed by atoms with Crippen molar-refractivity contribution in [3.63, 3.8) is 0 Å². The van der Waals surface area contributed by atoms with Crippen molar-refractivity contribution in [1.29, 1.82) is 0 Å². The second-order valence-electron chi connectivity index (χ2n) is 3.18. The molecule has 0 aliphatic heterocycles. The highest BCUT2D eigenvalue weighted by Gasteiger charge is 2.14. The van der Waals surface area contributed by atoms with Crippen LogP contribution in [-0.2, 0) is 6.42 Å². The van der Waals surface area contributed by atoms with Crippen LogP contribution in [-0.4, -0.2) is 10.1 Å². The van der Waals surface area contributed by atoms with Crippen molar-refractivity contribution in [2.24, 2.45) is 0 Å². The normalized spacial score (nSPS) is 10.3. The number of rotatable bonds is 3. The summed E-state index contributed by atoms with van der Waals surface area (Å²) in [7, 11) is 0. The fourth-order valence-electron chi connectivity index (χ4n) is 1.40. The lowest BCUT2D eigenvalue weighted by atomic mass is 10.1. The van der Waals surface area contributed by atoms with Crippen LogP contribution in [0.3, 0.4) is 0 Å². The van der Waals surface area contributed by atoms with Crippen LogP contribution in [0.15, 0.2) is 39.5 Å². The molecule has 5 nitrogen and oxygen atoms in total. The van der Waals surface area contributed by atoms with Crippen LogP contribution in [0.2, 0.25) is 0 Å². The molecule has 0 N–H and O–H groups in total. The largest absolute Gasteiger partial charge is 0.349 e. The minimum atomic E-state index is -0.398. The van der Waals surface area contributed by atoms with Gasteiger partial charge in [-0.15, -0.1) is 0 Å². The average molecular weight is 283 g/mol. The van der Waals surface area contributed by atoms with Crippen molar-refractivity contribution in [1.82, 2.24) is 5.16 Å². The Kier molecular flexibility index (Phi) is 3.00. The van der Waals surface area contributed by atoms with Gasteiger partial charge in [0.1, 0.15) is 0 Å². The van der Waals surface area contributed by atoms with E-state index >= 15 is 0 Å². The second kappa shape index (κ2) is 4.44. The molecule has 16 heavy (non-hydrogen) atoms. The summed E-state index contributed by atoms with van der Waals surface area (Å²) in [4.78, 5) is 10.4. The van der Waals surface area contributed by atoms with Crippen LogP contribution in [0.4, 0.5) is 5.69 Å². The van der Waals surface area contributed by atoms with E-state index in [1.807, 2.05) is 0 Å². The molecule has 1 heterocycles. The lowest BCUT2D eigenvalue weighted by molar-refractivity contribution is -0.385. The summed E-state index contributed by atoms with van der Waals surface area (Å²) in [5, 5.41) is 14.5. The molecule has 0 aliphatic carbocycles. The van der Waals surface area contributed by atoms with Crippen LogP contribution in [0.1, 0.15) is 11.3 Å². The summed E-state index contributed by atoms with van der Waals surface area (Å²) < 4.78 is 5.35. The molecule has 0 atom stereocenters. The van der Waals surface area contributed by atoms with E-state index in [1.54, 1.807) is 24.3 Å². The fourth-order valence-corrected chi connectivity index (χ4v) is 1.74. The predicted molar refractivity (Wildman–Crippen MR) is 60.1 cm³/mol. The first-order valence-electron chi connectivity index (χ1n) is 4.50. The number of nitro benzene ring substituents is 1. The average Bonchev–Trinajstić information content (AvgIpc) is 2.64. The van der Waals surface area contributed by atoms with E-state index < -0.39 is 4.92 Å². The van der Waals surface area contributed by atoms with E-state index in [2.05, 4.69) is 21.1 Å². The molecular formula is C10H7BrN2O3. The van der Waals surface area contributed by atoms with Gasteiger partial charge in [0.05, 0.1) is 10.6 Å². The van der Waals surface area contributed by atoms with Gasteiger partial charge in [-0.05, 0) is 15.9 Å². The molecule has 1 aromatic carbocycles. The van der Waals surface area contributed by atoms with Crippen molar-refractivity contribution in [3.05, 3.63) is 56.4 Å². The molecule has 0 amide bonds. The van der Waals surface area contributed by atoms with E-state index in [4.69, 9.17) is 4.52 Å². The molecular weight excluding hydrogens is 276 g/mol. The summed E-state index contributed by atoms with van der Waals surface area (Å²) in [5.74, 6) is 0. The third kappa shape index (κ3) is 2.27. The number of halogens is 1. The summed E-state index contributed by atoms with van der Waals surface area (Å²) in [6.07, 6.45) is 0.381. The summed E-state index contributed by atoms with van der Waals surface area (Å²) in [6, 6.07) is 8.28. The van der Waals surface area contributed by atoms with Crippen molar-refractivity contribution in [2.45, 2.75) is 6.42 Å². The minimum absolute atomic E-state index is 0.0987. The Bertz CT molecular complexity index is 524. The predicted octanol–water partition coefficient (Wildman–Crippen LogP) is 2.94. The van der Waals surface area contributed by atoms with Gasteiger partial charge in [0.25, 0.3) is 5.69 Å². The number of hydrogen-bond donors (Lipinski definition) is 0. The van der Waals surface area contributed by atoms with Crippen molar-refractivity contribution < 1.29 is 9.45 Å². The second-order valence-corrected chi connectivity index (χ2v) is 3.97. The number of para-hydroxylation sites is 1. The lowest BCUT2D eigenvalue weighted by Crippen LogP contribution is -1.96. The van der Waals surface area contributed by atoms with E-state index in [0.29, 0.717) is 22.3 Å². The topological polar surface area (TPSA) is 69.2 Å². The molecule has 6 heteroatoms. The molecule has 0 radical (unpaired) electrons. The van der Waals surface area contributed by atoms with Gasteiger partial charge in [-0.2, -0.15) is 0 Å². The van der Waals surface area contributed by atoms with Crippen molar-refractivity contribution in [3.8, 4) is 0 Å². The van der Waals surface area contributed by atoms with Gasteiger partial charge in [-0.25, -0.2) is 0 Å². The van der Waals surface area contributed by atoms with Gasteiger partial charge in [-0.3, -0.25) is 10.1 Å². The quantitative estimate of drug-likeness (QED) is 0.641. The third-order valence-corrected chi connectivity index (χ3v) is 2.46. The maximum Gasteiger partial charge on any atom is 0.272 e. The Morgan fingerprint density at radius 1 is 1.44 bits per heavy atom. The highest BCUT2D eigenvalue weighted by molar-refractivity contribution is 9.10. The van der Waals surface area contributed by atoms with Crippen LogP contribution >= 0.6 is 15.9 Å². The van der Waals surface area contributed by atoms with Gasteiger partial charge in [0.2, 0.25) is 4.67 Å². The molecule has 1 aromatic heterocycles. The van der Waals surface area contributed by atoms with E-state index in [9.17, 15) is 10.1 Å². The van der Waals surface area contributed by atoms with Gasteiger partial charge in [0, 0.05) is 24.1 Å². The highest BCUT2D eigenvalue weighted by Crippen LogP contribution is 2.21.